The molecule has 0 bridgehead atoms. The standard InChI is InChI=1S/C19H22N2/c1-14-7-5-6-8-17(14)21-18(13-20)15-9-11-16(12-10-15)19(2,3)4/h5-12,18,21H,1-4H3. The quantitative estimate of drug-likeness (QED) is 0.860. The molecule has 21 heavy (non-hydrogen) atoms. The predicted molar refractivity (Wildman–Crippen MR) is 88.3 cm³/mol. The molecule has 0 saturated heterocycles. The molecular weight excluding hydrogens is 256 g/mol. The van der Waals surface area contributed by atoms with Crippen molar-refractivity contribution in [3.8, 4) is 6.07 Å². The van der Waals surface area contributed by atoms with Gasteiger partial charge in [-0.25, -0.2) is 0 Å². The van der Waals surface area contributed by atoms with Crippen molar-refractivity contribution in [2.45, 2.75) is 39.2 Å². The second kappa shape index (κ2) is 6.01. The zero-order valence-electron chi connectivity index (χ0n) is 13.1. The van der Waals surface area contributed by atoms with Crippen molar-refractivity contribution in [1.82, 2.24) is 0 Å². The van der Waals surface area contributed by atoms with Gasteiger partial charge in [-0.1, -0.05) is 63.2 Å². The third kappa shape index (κ3) is 3.64. The highest BCUT2D eigenvalue weighted by molar-refractivity contribution is 5.53. The normalized spacial score (nSPS) is 12.5. The Bertz CT molecular complexity index is 643. The van der Waals surface area contributed by atoms with Gasteiger partial charge in [-0.05, 0) is 35.1 Å². The molecule has 0 radical (unpaired) electrons. The molecule has 0 aromatic heterocycles. The first-order chi connectivity index (χ1) is 9.91. The van der Waals surface area contributed by atoms with Gasteiger partial charge in [-0.15, -0.1) is 0 Å². The summed E-state index contributed by atoms with van der Waals surface area (Å²) >= 11 is 0. The van der Waals surface area contributed by atoms with Gasteiger partial charge < -0.3 is 5.32 Å². The average Bonchev–Trinajstić information content (AvgIpc) is 2.46. The van der Waals surface area contributed by atoms with Gasteiger partial charge >= 0.3 is 0 Å². The topological polar surface area (TPSA) is 35.8 Å². The number of benzene rings is 2. The van der Waals surface area contributed by atoms with E-state index in [-0.39, 0.29) is 11.5 Å². The van der Waals surface area contributed by atoms with E-state index in [1.54, 1.807) is 0 Å². The van der Waals surface area contributed by atoms with Crippen LogP contribution < -0.4 is 5.32 Å². The van der Waals surface area contributed by atoms with E-state index in [1.165, 1.54) is 5.56 Å². The molecule has 2 heteroatoms. The van der Waals surface area contributed by atoms with Crippen LogP contribution in [0, 0.1) is 18.3 Å². The number of hydrogen-bond acceptors (Lipinski definition) is 2. The van der Waals surface area contributed by atoms with E-state index in [4.69, 9.17) is 0 Å². The lowest BCUT2D eigenvalue weighted by Gasteiger charge is -2.20. The van der Waals surface area contributed by atoms with Crippen LogP contribution in [0.5, 0.6) is 0 Å². The van der Waals surface area contributed by atoms with Gasteiger partial charge in [0.1, 0.15) is 6.04 Å². The molecule has 0 aliphatic heterocycles. The molecule has 1 unspecified atom stereocenters. The van der Waals surface area contributed by atoms with Crippen molar-refractivity contribution in [2.75, 3.05) is 5.32 Å². The highest BCUT2D eigenvalue weighted by atomic mass is 14.9. The molecule has 1 N–H and O–H groups in total. The van der Waals surface area contributed by atoms with Gasteiger partial charge in [-0.3, -0.25) is 0 Å². The van der Waals surface area contributed by atoms with Crippen molar-refractivity contribution in [2.24, 2.45) is 0 Å². The van der Waals surface area contributed by atoms with Gasteiger partial charge in [0.05, 0.1) is 6.07 Å². The maximum atomic E-state index is 9.45. The van der Waals surface area contributed by atoms with E-state index in [0.29, 0.717) is 0 Å². The Labute approximate surface area is 127 Å². The molecule has 0 amide bonds. The molecule has 2 aromatic rings. The molecular formula is C19H22N2. The van der Waals surface area contributed by atoms with Crippen LogP contribution in [0.3, 0.4) is 0 Å². The first-order valence-corrected chi connectivity index (χ1v) is 7.24. The van der Waals surface area contributed by atoms with E-state index < -0.39 is 0 Å². The van der Waals surface area contributed by atoms with E-state index in [0.717, 1.165) is 16.8 Å². The lowest BCUT2D eigenvalue weighted by molar-refractivity contribution is 0.590. The lowest BCUT2D eigenvalue weighted by Crippen LogP contribution is -2.13. The number of anilines is 1. The third-order valence-electron chi connectivity index (χ3n) is 3.68. The predicted octanol–water partition coefficient (Wildman–Crippen LogP) is 4.97. The first-order valence-electron chi connectivity index (χ1n) is 7.24. The van der Waals surface area contributed by atoms with Crippen molar-refractivity contribution >= 4 is 5.69 Å². The van der Waals surface area contributed by atoms with Crippen molar-refractivity contribution in [3.63, 3.8) is 0 Å². The Morgan fingerprint density at radius 3 is 2.14 bits per heavy atom. The number of hydrogen-bond donors (Lipinski definition) is 1. The second-order valence-corrected chi connectivity index (χ2v) is 6.39. The van der Waals surface area contributed by atoms with Crippen LogP contribution in [-0.2, 0) is 5.41 Å². The zero-order valence-corrected chi connectivity index (χ0v) is 13.1. The number of nitrogens with zero attached hydrogens (tertiary/aromatic N) is 1. The van der Waals surface area contributed by atoms with Crippen LogP contribution in [0.4, 0.5) is 5.69 Å². The second-order valence-electron chi connectivity index (χ2n) is 6.39. The fourth-order valence-electron chi connectivity index (χ4n) is 2.26. The van der Waals surface area contributed by atoms with Crippen LogP contribution in [-0.4, -0.2) is 0 Å². The largest absolute Gasteiger partial charge is 0.366 e. The van der Waals surface area contributed by atoms with Crippen LogP contribution in [0.25, 0.3) is 0 Å². The number of nitriles is 1. The molecule has 2 rings (SSSR count). The van der Waals surface area contributed by atoms with Gasteiger partial charge in [0, 0.05) is 5.69 Å². The number of aryl methyl sites for hydroxylation is 1. The average molecular weight is 278 g/mol. The Kier molecular flexibility index (Phi) is 4.33. The third-order valence-corrected chi connectivity index (χ3v) is 3.68. The SMILES string of the molecule is Cc1ccccc1NC(C#N)c1ccc(C(C)(C)C)cc1. The van der Waals surface area contributed by atoms with Gasteiger partial charge in [-0.2, -0.15) is 5.26 Å². The molecule has 1 atom stereocenters. The maximum Gasteiger partial charge on any atom is 0.140 e. The Morgan fingerprint density at radius 1 is 1.00 bits per heavy atom. The molecule has 0 aliphatic carbocycles. The Hall–Kier alpha value is -2.27. The van der Waals surface area contributed by atoms with Crippen molar-refractivity contribution in [3.05, 3.63) is 65.2 Å². The minimum atomic E-state index is -0.333. The summed E-state index contributed by atoms with van der Waals surface area (Å²) in [5, 5.41) is 12.8. The fraction of sp³-hybridized carbons (Fsp3) is 0.316. The summed E-state index contributed by atoms with van der Waals surface area (Å²) in [6.07, 6.45) is 0. The highest BCUT2D eigenvalue weighted by Crippen LogP contribution is 2.26. The van der Waals surface area contributed by atoms with E-state index >= 15 is 0 Å². The Balaban J connectivity index is 2.23. The lowest BCUT2D eigenvalue weighted by atomic mass is 9.86. The van der Waals surface area contributed by atoms with Crippen LogP contribution in [0.15, 0.2) is 48.5 Å². The molecule has 0 aliphatic rings. The summed E-state index contributed by atoms with van der Waals surface area (Å²) in [6.45, 7) is 8.61. The molecule has 0 saturated carbocycles. The van der Waals surface area contributed by atoms with E-state index in [9.17, 15) is 5.26 Å². The smallest absolute Gasteiger partial charge is 0.140 e. The summed E-state index contributed by atoms with van der Waals surface area (Å²) in [5.74, 6) is 0. The zero-order chi connectivity index (χ0) is 15.5. The number of rotatable bonds is 3. The summed E-state index contributed by atoms with van der Waals surface area (Å²) in [5.41, 5.74) is 4.55. The van der Waals surface area contributed by atoms with Gasteiger partial charge in [0.15, 0.2) is 0 Å². The van der Waals surface area contributed by atoms with Crippen LogP contribution >= 0.6 is 0 Å². The van der Waals surface area contributed by atoms with Gasteiger partial charge in [0.2, 0.25) is 0 Å². The minimum absolute atomic E-state index is 0.129. The Morgan fingerprint density at radius 2 is 1.62 bits per heavy atom. The summed E-state index contributed by atoms with van der Waals surface area (Å²) < 4.78 is 0. The first kappa shape index (κ1) is 15.1. The monoisotopic (exact) mass is 278 g/mol. The summed E-state index contributed by atoms with van der Waals surface area (Å²) in [7, 11) is 0. The maximum absolute atomic E-state index is 9.45. The fourth-order valence-corrected chi connectivity index (χ4v) is 2.26. The number of nitrogens with one attached hydrogen (secondary N) is 1. The van der Waals surface area contributed by atoms with Gasteiger partial charge in [0.25, 0.3) is 0 Å². The van der Waals surface area contributed by atoms with Crippen LogP contribution in [0.1, 0.15) is 43.5 Å². The molecule has 0 spiro atoms. The molecule has 2 aromatic carbocycles. The van der Waals surface area contributed by atoms with E-state index in [2.05, 4.69) is 44.3 Å². The molecule has 0 heterocycles. The molecule has 2 nitrogen and oxygen atoms in total. The van der Waals surface area contributed by atoms with Crippen molar-refractivity contribution in [1.29, 1.82) is 5.26 Å². The number of para-hydroxylation sites is 1. The van der Waals surface area contributed by atoms with E-state index in [1.807, 2.05) is 43.3 Å². The highest BCUT2D eigenvalue weighted by Gasteiger charge is 2.15. The molecule has 108 valence electrons. The van der Waals surface area contributed by atoms with Crippen molar-refractivity contribution < 1.29 is 0 Å². The summed E-state index contributed by atoms with van der Waals surface area (Å²) in [4.78, 5) is 0. The van der Waals surface area contributed by atoms with Crippen LogP contribution in [0.2, 0.25) is 0 Å². The summed E-state index contributed by atoms with van der Waals surface area (Å²) in [6, 6.07) is 18.3. The minimum Gasteiger partial charge on any atom is -0.366 e. The molecule has 0 fully saturated rings.